The SMILES string of the molecule is COC(=O)N[C@H](C(=O)N1CCC[C@H]1c1ncc(-c2ccc3c(c2)COCc2cc(-c4cnc([C@@H]5[C@H]6CC[C@H](C6)N5C(=O)[C@@H](NC(=O)OC)C(C)C)[nH]4)ccc2-3)[nH]1)C(C)C. The number of nitrogens with one attached hydrogen (secondary N) is 4. The third-order valence-corrected chi connectivity index (χ3v) is 12.6. The van der Waals surface area contributed by atoms with E-state index in [9.17, 15) is 19.2 Å². The Morgan fingerprint density at radius 1 is 0.763 bits per heavy atom. The number of nitrogens with zero attached hydrogens (tertiary/aromatic N) is 4. The molecule has 1 saturated carbocycles. The number of alkyl carbamates (subject to hydrolysis) is 2. The Labute approximate surface area is 344 Å². The molecule has 0 radical (unpaired) electrons. The fourth-order valence-electron chi connectivity index (χ4n) is 9.55. The summed E-state index contributed by atoms with van der Waals surface area (Å²) < 4.78 is 15.9. The molecule has 312 valence electrons. The van der Waals surface area contributed by atoms with Crippen LogP contribution in [0.1, 0.15) is 94.7 Å². The van der Waals surface area contributed by atoms with Crippen molar-refractivity contribution in [2.24, 2.45) is 17.8 Å². The number of piperidine rings is 1. The van der Waals surface area contributed by atoms with Gasteiger partial charge in [0.2, 0.25) is 11.8 Å². The van der Waals surface area contributed by atoms with Crippen molar-refractivity contribution in [1.29, 1.82) is 0 Å². The van der Waals surface area contributed by atoms with Crippen LogP contribution in [0.5, 0.6) is 0 Å². The second kappa shape index (κ2) is 16.5. The maximum Gasteiger partial charge on any atom is 0.407 e. The molecule has 59 heavy (non-hydrogen) atoms. The van der Waals surface area contributed by atoms with Gasteiger partial charge in [-0.05, 0) is 95.4 Å². The van der Waals surface area contributed by atoms with Gasteiger partial charge < -0.3 is 44.6 Å². The summed E-state index contributed by atoms with van der Waals surface area (Å²) in [5, 5.41) is 5.47. The highest BCUT2D eigenvalue weighted by molar-refractivity contribution is 5.87. The Kier molecular flexibility index (Phi) is 11.2. The molecule has 2 aromatic heterocycles. The fraction of sp³-hybridized carbons (Fsp3) is 0.500. The van der Waals surface area contributed by atoms with Crippen LogP contribution in [0.15, 0.2) is 48.8 Å². The quantitative estimate of drug-likeness (QED) is 0.136. The van der Waals surface area contributed by atoms with E-state index in [2.05, 4.69) is 57.0 Å². The van der Waals surface area contributed by atoms with Crippen molar-refractivity contribution in [2.75, 3.05) is 20.8 Å². The second-order valence-electron chi connectivity index (χ2n) is 16.9. The molecule has 8 rings (SSSR count). The third kappa shape index (κ3) is 7.68. The van der Waals surface area contributed by atoms with E-state index in [-0.39, 0.29) is 41.8 Å². The zero-order chi connectivity index (χ0) is 41.5. The number of ether oxygens (including phenoxy) is 3. The minimum Gasteiger partial charge on any atom is -0.453 e. The molecule has 0 unspecified atom stereocenters. The van der Waals surface area contributed by atoms with Crippen molar-refractivity contribution in [3.63, 3.8) is 0 Å². The molecule has 4 aromatic rings. The summed E-state index contributed by atoms with van der Waals surface area (Å²) in [5.41, 5.74) is 7.97. The Morgan fingerprint density at radius 3 is 1.90 bits per heavy atom. The van der Waals surface area contributed by atoms with Crippen LogP contribution >= 0.6 is 0 Å². The summed E-state index contributed by atoms with van der Waals surface area (Å²) in [6.45, 7) is 9.12. The minimum atomic E-state index is -0.699. The van der Waals surface area contributed by atoms with E-state index >= 15 is 0 Å². The van der Waals surface area contributed by atoms with E-state index in [4.69, 9.17) is 24.2 Å². The molecule has 0 spiro atoms. The normalized spacial score (nSPS) is 21.8. The van der Waals surface area contributed by atoms with Crippen LogP contribution in [0, 0.1) is 17.8 Å². The van der Waals surface area contributed by atoms with Gasteiger partial charge in [-0.2, -0.15) is 0 Å². The topological polar surface area (TPSA) is 184 Å². The molecule has 1 aliphatic carbocycles. The zero-order valence-electron chi connectivity index (χ0n) is 34.5. The highest BCUT2D eigenvalue weighted by Gasteiger charge is 2.51. The van der Waals surface area contributed by atoms with Crippen LogP contribution in [0.2, 0.25) is 0 Å². The smallest absolute Gasteiger partial charge is 0.407 e. The molecular weight excluding hydrogens is 753 g/mol. The number of likely N-dealkylation sites (tertiary alicyclic amines) is 2. The predicted molar refractivity (Wildman–Crippen MR) is 218 cm³/mol. The molecule has 3 fully saturated rings. The Balaban J connectivity index is 0.998. The van der Waals surface area contributed by atoms with E-state index < -0.39 is 24.3 Å². The zero-order valence-corrected chi connectivity index (χ0v) is 34.5. The van der Waals surface area contributed by atoms with E-state index in [0.717, 1.165) is 82.7 Å². The minimum absolute atomic E-state index is 0.101. The number of hydrogen-bond donors (Lipinski definition) is 4. The Morgan fingerprint density at radius 2 is 1.32 bits per heavy atom. The molecular formula is C44H54N8O7. The number of hydrogen-bond acceptors (Lipinski definition) is 9. The molecule has 2 saturated heterocycles. The fourth-order valence-corrected chi connectivity index (χ4v) is 9.55. The van der Waals surface area contributed by atoms with Gasteiger partial charge in [-0.25, -0.2) is 19.6 Å². The van der Waals surface area contributed by atoms with Crippen molar-refractivity contribution in [2.45, 2.75) is 103 Å². The second-order valence-corrected chi connectivity index (χ2v) is 16.9. The third-order valence-electron chi connectivity index (χ3n) is 12.6. The van der Waals surface area contributed by atoms with Crippen molar-refractivity contribution in [3.8, 4) is 33.6 Å². The van der Waals surface area contributed by atoms with Gasteiger partial charge in [0, 0.05) is 12.6 Å². The molecule has 15 heteroatoms. The van der Waals surface area contributed by atoms with Crippen LogP contribution < -0.4 is 10.6 Å². The van der Waals surface area contributed by atoms with Gasteiger partial charge in [0.1, 0.15) is 23.7 Å². The van der Waals surface area contributed by atoms with Crippen LogP contribution in [0.25, 0.3) is 33.6 Å². The first kappa shape index (κ1) is 40.1. The molecule has 5 heterocycles. The summed E-state index contributed by atoms with van der Waals surface area (Å²) in [7, 11) is 2.60. The number of fused-ring (bicyclic) bond motifs is 5. The molecule has 15 nitrogen and oxygen atoms in total. The van der Waals surface area contributed by atoms with Gasteiger partial charge in [-0.1, -0.05) is 52.0 Å². The van der Waals surface area contributed by atoms with Crippen molar-refractivity contribution >= 4 is 24.0 Å². The largest absolute Gasteiger partial charge is 0.453 e. The summed E-state index contributed by atoms with van der Waals surface area (Å²) in [4.78, 5) is 72.2. The van der Waals surface area contributed by atoms with E-state index in [1.165, 1.54) is 14.2 Å². The summed E-state index contributed by atoms with van der Waals surface area (Å²) in [5.74, 6) is 1.30. The molecule has 4 aliphatic rings. The number of H-pyrrole nitrogens is 2. The molecule has 3 aliphatic heterocycles. The van der Waals surface area contributed by atoms with Crippen LogP contribution in [0.4, 0.5) is 9.59 Å². The van der Waals surface area contributed by atoms with Crippen LogP contribution in [0.3, 0.4) is 0 Å². The summed E-state index contributed by atoms with van der Waals surface area (Å²) in [6, 6.07) is 11.0. The highest BCUT2D eigenvalue weighted by atomic mass is 16.5. The predicted octanol–water partition coefficient (Wildman–Crippen LogP) is 6.64. The number of aromatic amines is 2. The number of carbonyl (C=O) groups excluding carboxylic acids is 4. The van der Waals surface area contributed by atoms with E-state index in [1.54, 1.807) is 0 Å². The Hall–Kier alpha value is -5.70. The number of aromatic nitrogens is 4. The number of benzene rings is 2. The number of methoxy groups -OCH3 is 2. The average molecular weight is 807 g/mol. The van der Waals surface area contributed by atoms with Crippen molar-refractivity contribution in [3.05, 3.63) is 71.6 Å². The van der Waals surface area contributed by atoms with Gasteiger partial charge in [0.25, 0.3) is 0 Å². The number of carbonyl (C=O) groups is 4. The van der Waals surface area contributed by atoms with Gasteiger partial charge in [0.15, 0.2) is 0 Å². The van der Waals surface area contributed by atoms with Crippen molar-refractivity contribution < 1.29 is 33.4 Å². The lowest BCUT2D eigenvalue weighted by atomic mass is 9.93. The molecule has 4 N–H and O–H groups in total. The number of amides is 4. The summed E-state index contributed by atoms with van der Waals surface area (Å²) in [6.07, 6.45) is 6.92. The number of rotatable bonds is 10. The van der Waals surface area contributed by atoms with Gasteiger partial charge >= 0.3 is 12.2 Å². The lowest BCUT2D eigenvalue weighted by molar-refractivity contribution is -0.139. The maximum atomic E-state index is 14.0. The first-order chi connectivity index (χ1) is 28.4. The lowest BCUT2D eigenvalue weighted by Gasteiger charge is -2.37. The monoisotopic (exact) mass is 806 g/mol. The Bertz CT molecular complexity index is 2230. The molecule has 4 amide bonds. The lowest BCUT2D eigenvalue weighted by Crippen LogP contribution is -2.54. The molecule has 6 atom stereocenters. The first-order valence-corrected chi connectivity index (χ1v) is 20.7. The summed E-state index contributed by atoms with van der Waals surface area (Å²) >= 11 is 0. The van der Waals surface area contributed by atoms with Crippen LogP contribution in [-0.2, 0) is 37.0 Å². The maximum absolute atomic E-state index is 14.0. The van der Waals surface area contributed by atoms with Gasteiger partial charge in [-0.15, -0.1) is 0 Å². The van der Waals surface area contributed by atoms with Crippen LogP contribution in [-0.4, -0.2) is 92.6 Å². The standard InChI is InChI=1S/C44H54N8O7/c1-23(2)36(49-43(55)57-5)41(53)51-15-7-8-35(51)39-45-19-33(47-39)25-10-13-31-28(16-25)21-59-22-29-17-26(11-14-32(29)31)34-20-46-40(48-34)38-27-9-12-30(18-27)52(38)42(54)37(24(3)4)50-44(56)58-6/h10-11,13-14,16-17,19-20,23-24,27,30,35-38H,7-9,12,15,18,21-22H2,1-6H3,(H,45,47)(H,46,48)(H,49,55)(H,50,56)/t27-,30+,35-,36-,37-,38-/m0/s1. The van der Waals surface area contributed by atoms with Gasteiger partial charge in [-0.3, -0.25) is 9.59 Å². The molecule has 2 aromatic carbocycles. The van der Waals surface area contributed by atoms with Crippen molar-refractivity contribution in [1.82, 2.24) is 40.4 Å². The first-order valence-electron chi connectivity index (χ1n) is 20.7. The van der Waals surface area contributed by atoms with Gasteiger partial charge in [0.05, 0.1) is 63.3 Å². The highest BCUT2D eigenvalue weighted by Crippen LogP contribution is 2.50. The molecule has 2 bridgehead atoms. The number of imidazole rings is 2. The van der Waals surface area contributed by atoms with E-state index in [0.29, 0.717) is 31.5 Å². The van der Waals surface area contributed by atoms with E-state index in [1.807, 2.05) is 49.9 Å². The average Bonchev–Trinajstić information content (AvgIpc) is 4.09.